The topological polar surface area (TPSA) is 63.3 Å². The van der Waals surface area contributed by atoms with Crippen molar-refractivity contribution in [2.45, 2.75) is 38.6 Å². The second-order valence-electron chi connectivity index (χ2n) is 3.62. The number of aliphatic carboxylic acids is 1. The molecule has 0 aromatic carbocycles. The first-order valence-corrected chi connectivity index (χ1v) is 4.65. The van der Waals surface area contributed by atoms with Gasteiger partial charge in [-0.3, -0.25) is 4.79 Å². The summed E-state index contributed by atoms with van der Waals surface area (Å²) >= 11 is 0. The average molecular weight is 171 g/mol. The molecule has 0 aliphatic heterocycles. The first-order valence-electron chi connectivity index (χ1n) is 4.65. The molecule has 0 aromatic rings. The Morgan fingerprint density at radius 2 is 2.25 bits per heavy atom. The third-order valence-electron chi connectivity index (χ3n) is 2.94. The number of carboxylic acids is 1. The van der Waals surface area contributed by atoms with Crippen molar-refractivity contribution >= 4 is 5.97 Å². The van der Waals surface area contributed by atoms with Crippen LogP contribution < -0.4 is 5.73 Å². The van der Waals surface area contributed by atoms with Gasteiger partial charge in [0, 0.05) is 6.04 Å². The lowest BCUT2D eigenvalue weighted by molar-refractivity contribution is -0.144. The van der Waals surface area contributed by atoms with Crippen LogP contribution in [0, 0.1) is 11.8 Å². The highest BCUT2D eigenvalue weighted by Gasteiger charge is 2.33. The molecule has 1 aliphatic rings. The fourth-order valence-corrected chi connectivity index (χ4v) is 2.08. The molecule has 3 nitrogen and oxygen atoms in total. The molecule has 12 heavy (non-hydrogen) atoms. The number of carboxylic acid groups (broad SMARTS) is 1. The molecule has 0 aromatic heterocycles. The number of rotatable bonds is 2. The first kappa shape index (κ1) is 9.52. The summed E-state index contributed by atoms with van der Waals surface area (Å²) in [4.78, 5) is 10.7. The van der Waals surface area contributed by atoms with Crippen LogP contribution in [0.4, 0.5) is 0 Å². The van der Waals surface area contributed by atoms with E-state index in [1.165, 1.54) is 0 Å². The van der Waals surface area contributed by atoms with Crippen molar-refractivity contribution in [2.75, 3.05) is 0 Å². The fraction of sp³-hybridized carbons (Fsp3) is 0.889. The lowest BCUT2D eigenvalue weighted by Gasteiger charge is -2.32. The van der Waals surface area contributed by atoms with Crippen molar-refractivity contribution < 1.29 is 9.90 Å². The molecule has 1 fully saturated rings. The van der Waals surface area contributed by atoms with Gasteiger partial charge in [0.2, 0.25) is 0 Å². The minimum absolute atomic E-state index is 0.124. The first-order chi connectivity index (χ1) is 5.66. The standard InChI is InChI=1S/C9H17NO2/c1-2-6-4-3-5-7(8(6)10)9(11)12/h6-8H,2-5,10H2,1H3,(H,11,12). The number of hydrogen-bond donors (Lipinski definition) is 2. The van der Waals surface area contributed by atoms with E-state index in [4.69, 9.17) is 10.8 Å². The van der Waals surface area contributed by atoms with Crippen LogP contribution in [-0.2, 0) is 4.79 Å². The molecule has 3 heteroatoms. The predicted molar refractivity (Wildman–Crippen MR) is 46.7 cm³/mol. The van der Waals surface area contributed by atoms with Crippen LogP contribution in [-0.4, -0.2) is 17.1 Å². The van der Waals surface area contributed by atoms with Gasteiger partial charge in [-0.2, -0.15) is 0 Å². The van der Waals surface area contributed by atoms with E-state index < -0.39 is 5.97 Å². The maximum atomic E-state index is 10.7. The zero-order chi connectivity index (χ0) is 9.14. The molecule has 0 radical (unpaired) electrons. The third-order valence-corrected chi connectivity index (χ3v) is 2.94. The molecule has 3 atom stereocenters. The summed E-state index contributed by atoms with van der Waals surface area (Å²) in [5.74, 6) is -0.607. The SMILES string of the molecule is CCC1CCCC(C(=O)O)C1N. The minimum atomic E-state index is -0.722. The normalized spacial score (nSPS) is 36.3. The molecule has 0 saturated heterocycles. The molecule has 1 saturated carbocycles. The highest BCUT2D eigenvalue weighted by Crippen LogP contribution is 2.30. The molecule has 3 N–H and O–H groups in total. The molecule has 0 bridgehead atoms. The smallest absolute Gasteiger partial charge is 0.308 e. The second-order valence-corrected chi connectivity index (χ2v) is 3.62. The largest absolute Gasteiger partial charge is 0.481 e. The summed E-state index contributed by atoms with van der Waals surface area (Å²) in [6, 6.07) is -0.124. The van der Waals surface area contributed by atoms with Crippen LogP contribution in [0.5, 0.6) is 0 Å². The molecule has 1 rings (SSSR count). The number of hydrogen-bond acceptors (Lipinski definition) is 2. The molecule has 0 heterocycles. The van der Waals surface area contributed by atoms with Crippen LogP contribution in [0.3, 0.4) is 0 Å². The monoisotopic (exact) mass is 171 g/mol. The van der Waals surface area contributed by atoms with Crippen LogP contribution in [0.15, 0.2) is 0 Å². The predicted octanol–water partition coefficient (Wildman–Crippen LogP) is 1.22. The van der Waals surface area contributed by atoms with Gasteiger partial charge in [0.1, 0.15) is 0 Å². The maximum absolute atomic E-state index is 10.7. The van der Waals surface area contributed by atoms with Crippen LogP contribution in [0.25, 0.3) is 0 Å². The molecular formula is C9H17NO2. The van der Waals surface area contributed by atoms with E-state index in [9.17, 15) is 4.79 Å². The highest BCUT2D eigenvalue weighted by atomic mass is 16.4. The van der Waals surface area contributed by atoms with Gasteiger partial charge in [0.25, 0.3) is 0 Å². The van der Waals surface area contributed by atoms with Crippen molar-refractivity contribution in [2.24, 2.45) is 17.6 Å². The molecule has 0 spiro atoms. The third kappa shape index (κ3) is 1.78. The van der Waals surface area contributed by atoms with Gasteiger partial charge >= 0.3 is 5.97 Å². The Hall–Kier alpha value is -0.570. The average Bonchev–Trinajstić information content (AvgIpc) is 2.04. The summed E-state index contributed by atoms with van der Waals surface area (Å²) in [5, 5.41) is 8.84. The molecule has 3 unspecified atom stereocenters. The van der Waals surface area contributed by atoms with Crippen LogP contribution in [0.1, 0.15) is 32.6 Å². The second kappa shape index (κ2) is 3.90. The Labute approximate surface area is 72.9 Å². The van der Waals surface area contributed by atoms with Gasteiger partial charge in [-0.1, -0.05) is 19.8 Å². The van der Waals surface area contributed by atoms with Crippen LogP contribution >= 0.6 is 0 Å². The van der Waals surface area contributed by atoms with E-state index in [1.54, 1.807) is 0 Å². The van der Waals surface area contributed by atoms with Gasteiger partial charge < -0.3 is 10.8 Å². The maximum Gasteiger partial charge on any atom is 0.308 e. The van der Waals surface area contributed by atoms with E-state index in [2.05, 4.69) is 6.92 Å². The zero-order valence-electron chi connectivity index (χ0n) is 7.49. The van der Waals surface area contributed by atoms with Gasteiger partial charge in [-0.05, 0) is 18.8 Å². The van der Waals surface area contributed by atoms with E-state index in [1.807, 2.05) is 0 Å². The summed E-state index contributed by atoms with van der Waals surface area (Å²) in [5.41, 5.74) is 5.85. The molecular weight excluding hydrogens is 154 g/mol. The number of carbonyl (C=O) groups is 1. The van der Waals surface area contributed by atoms with Gasteiger partial charge in [-0.25, -0.2) is 0 Å². The number of nitrogens with two attached hydrogens (primary N) is 1. The summed E-state index contributed by atoms with van der Waals surface area (Å²) in [6.45, 7) is 2.08. The van der Waals surface area contributed by atoms with Crippen molar-refractivity contribution in [1.29, 1.82) is 0 Å². The Morgan fingerprint density at radius 1 is 1.58 bits per heavy atom. The summed E-state index contributed by atoms with van der Waals surface area (Å²) < 4.78 is 0. The Morgan fingerprint density at radius 3 is 2.75 bits per heavy atom. The summed E-state index contributed by atoms with van der Waals surface area (Å²) in [6.07, 6.45) is 3.88. The Kier molecular flexibility index (Phi) is 3.09. The molecule has 70 valence electrons. The Bertz CT molecular complexity index is 170. The lowest BCUT2D eigenvalue weighted by Crippen LogP contribution is -2.44. The van der Waals surface area contributed by atoms with Crippen LogP contribution in [0.2, 0.25) is 0 Å². The van der Waals surface area contributed by atoms with Crippen molar-refractivity contribution in [3.05, 3.63) is 0 Å². The van der Waals surface area contributed by atoms with Crippen molar-refractivity contribution in [3.8, 4) is 0 Å². The van der Waals surface area contributed by atoms with Crippen molar-refractivity contribution in [1.82, 2.24) is 0 Å². The lowest BCUT2D eigenvalue weighted by atomic mass is 9.76. The van der Waals surface area contributed by atoms with E-state index in [0.717, 1.165) is 25.7 Å². The van der Waals surface area contributed by atoms with E-state index in [-0.39, 0.29) is 12.0 Å². The zero-order valence-corrected chi connectivity index (χ0v) is 7.49. The van der Waals surface area contributed by atoms with Crippen molar-refractivity contribution in [3.63, 3.8) is 0 Å². The highest BCUT2D eigenvalue weighted by molar-refractivity contribution is 5.71. The fourth-order valence-electron chi connectivity index (χ4n) is 2.08. The van der Waals surface area contributed by atoms with E-state index >= 15 is 0 Å². The van der Waals surface area contributed by atoms with Gasteiger partial charge in [-0.15, -0.1) is 0 Å². The Balaban J connectivity index is 2.59. The summed E-state index contributed by atoms with van der Waals surface area (Å²) in [7, 11) is 0. The van der Waals surface area contributed by atoms with Gasteiger partial charge in [0.05, 0.1) is 5.92 Å². The quantitative estimate of drug-likeness (QED) is 0.656. The molecule has 0 amide bonds. The van der Waals surface area contributed by atoms with Gasteiger partial charge in [0.15, 0.2) is 0 Å². The van der Waals surface area contributed by atoms with E-state index in [0.29, 0.717) is 5.92 Å². The molecule has 1 aliphatic carbocycles. The minimum Gasteiger partial charge on any atom is -0.481 e.